The molecule has 1 aliphatic heterocycles. The Morgan fingerprint density at radius 2 is 1.97 bits per heavy atom. The van der Waals surface area contributed by atoms with Crippen LogP contribution in [0.2, 0.25) is 5.02 Å². The van der Waals surface area contributed by atoms with Crippen molar-refractivity contribution >= 4 is 35.4 Å². The topological polar surface area (TPSA) is 96.9 Å². The number of allylic oxidation sites excluding steroid dienone is 1. The van der Waals surface area contributed by atoms with Crippen molar-refractivity contribution in [2.24, 2.45) is 0 Å². The first kappa shape index (κ1) is 24.0. The fourth-order valence-corrected chi connectivity index (χ4v) is 4.34. The Morgan fingerprint density at radius 3 is 2.66 bits per heavy atom. The maximum absolute atomic E-state index is 12.5. The molecule has 3 rings (SSSR count). The van der Waals surface area contributed by atoms with Crippen molar-refractivity contribution in [3.8, 4) is 0 Å². The number of hydrogen-bond donors (Lipinski definition) is 3. The molecule has 0 radical (unpaired) electrons. The minimum atomic E-state index is -0.791. The SMILES string of the molecule is CC1=C(NC(=O)OC(C)c2ccccc2Cl)C(c2ccc(CSCCC(=O)O)cc2)ON1. The van der Waals surface area contributed by atoms with Crippen molar-refractivity contribution in [3.05, 3.63) is 81.6 Å². The summed E-state index contributed by atoms with van der Waals surface area (Å²) in [5, 5.41) is 12.0. The summed E-state index contributed by atoms with van der Waals surface area (Å²) in [5.41, 5.74) is 6.74. The molecule has 2 unspecified atom stereocenters. The molecular formula is C23H25ClN2O5S. The highest BCUT2D eigenvalue weighted by atomic mass is 35.5. The second-order valence-corrected chi connectivity index (χ2v) is 8.78. The molecule has 1 amide bonds. The number of amides is 1. The van der Waals surface area contributed by atoms with Gasteiger partial charge in [0, 0.05) is 22.1 Å². The molecule has 9 heteroatoms. The molecule has 7 nitrogen and oxygen atoms in total. The van der Waals surface area contributed by atoms with Gasteiger partial charge in [0.25, 0.3) is 0 Å². The maximum atomic E-state index is 12.5. The second-order valence-electron chi connectivity index (χ2n) is 7.27. The lowest BCUT2D eigenvalue weighted by molar-refractivity contribution is -0.136. The van der Waals surface area contributed by atoms with Crippen molar-refractivity contribution < 1.29 is 24.3 Å². The summed E-state index contributed by atoms with van der Waals surface area (Å²) < 4.78 is 5.51. The number of benzene rings is 2. The van der Waals surface area contributed by atoms with Crippen LogP contribution in [0, 0.1) is 0 Å². The highest BCUT2D eigenvalue weighted by Crippen LogP contribution is 2.31. The first-order chi connectivity index (χ1) is 15.3. The van der Waals surface area contributed by atoms with Crippen LogP contribution in [0.4, 0.5) is 4.79 Å². The van der Waals surface area contributed by atoms with Crippen molar-refractivity contribution in [1.29, 1.82) is 0 Å². The predicted octanol–water partition coefficient (Wildman–Crippen LogP) is 5.34. The molecule has 2 atom stereocenters. The number of carboxylic acid groups (broad SMARTS) is 1. The van der Waals surface area contributed by atoms with Gasteiger partial charge in [-0.1, -0.05) is 54.1 Å². The van der Waals surface area contributed by atoms with Crippen LogP contribution in [0.3, 0.4) is 0 Å². The Morgan fingerprint density at radius 1 is 1.25 bits per heavy atom. The summed E-state index contributed by atoms with van der Waals surface area (Å²) in [6.45, 7) is 3.57. The highest BCUT2D eigenvalue weighted by molar-refractivity contribution is 7.98. The van der Waals surface area contributed by atoms with Gasteiger partial charge >= 0.3 is 12.1 Å². The highest BCUT2D eigenvalue weighted by Gasteiger charge is 2.29. The largest absolute Gasteiger partial charge is 0.481 e. The number of ether oxygens (including phenoxy) is 1. The Kier molecular flexibility index (Phi) is 8.44. The minimum absolute atomic E-state index is 0.147. The predicted molar refractivity (Wildman–Crippen MR) is 124 cm³/mol. The normalized spacial score (nSPS) is 16.4. The van der Waals surface area contributed by atoms with Gasteiger partial charge in [-0.15, -0.1) is 0 Å². The number of carbonyl (C=O) groups excluding carboxylic acids is 1. The van der Waals surface area contributed by atoms with Crippen molar-refractivity contribution in [2.75, 3.05) is 5.75 Å². The Hall–Kier alpha value is -2.68. The van der Waals surface area contributed by atoms with Crippen LogP contribution >= 0.6 is 23.4 Å². The van der Waals surface area contributed by atoms with Crippen molar-refractivity contribution in [2.45, 2.75) is 38.2 Å². The van der Waals surface area contributed by atoms with E-state index < -0.39 is 24.3 Å². The van der Waals surface area contributed by atoms with E-state index in [4.69, 9.17) is 26.3 Å². The minimum Gasteiger partial charge on any atom is -0.481 e. The molecule has 170 valence electrons. The third kappa shape index (κ3) is 6.41. The van der Waals surface area contributed by atoms with Gasteiger partial charge in [0.05, 0.1) is 17.8 Å². The number of halogens is 1. The Balaban J connectivity index is 1.59. The van der Waals surface area contributed by atoms with E-state index in [-0.39, 0.29) is 6.42 Å². The van der Waals surface area contributed by atoms with Crippen molar-refractivity contribution in [3.63, 3.8) is 0 Å². The first-order valence-electron chi connectivity index (χ1n) is 10.1. The molecule has 1 aliphatic rings. The Bertz CT molecular complexity index is 996. The zero-order valence-corrected chi connectivity index (χ0v) is 19.3. The number of nitrogens with one attached hydrogen (secondary N) is 2. The summed E-state index contributed by atoms with van der Waals surface area (Å²) in [6, 6.07) is 15.0. The van der Waals surface area contributed by atoms with Crippen LogP contribution in [0.5, 0.6) is 0 Å². The molecule has 0 aliphatic carbocycles. The van der Waals surface area contributed by atoms with E-state index in [0.29, 0.717) is 22.2 Å². The van der Waals surface area contributed by atoms with E-state index in [0.717, 1.165) is 22.4 Å². The van der Waals surface area contributed by atoms with Gasteiger partial charge in [-0.2, -0.15) is 11.8 Å². The fourth-order valence-electron chi connectivity index (χ4n) is 3.16. The van der Waals surface area contributed by atoms with Gasteiger partial charge in [-0.05, 0) is 31.0 Å². The third-order valence-corrected chi connectivity index (χ3v) is 6.25. The number of alkyl carbamates (subject to hydrolysis) is 1. The van der Waals surface area contributed by atoms with Crippen LogP contribution in [-0.4, -0.2) is 22.9 Å². The Labute approximate surface area is 196 Å². The summed E-state index contributed by atoms with van der Waals surface area (Å²) in [4.78, 5) is 28.8. The molecular weight excluding hydrogens is 452 g/mol. The molecule has 0 fully saturated rings. The summed E-state index contributed by atoms with van der Waals surface area (Å²) in [5.74, 6) is 0.502. The fraction of sp³-hybridized carbons (Fsp3) is 0.304. The number of thioether (sulfide) groups is 1. The van der Waals surface area contributed by atoms with E-state index >= 15 is 0 Å². The standard InChI is InChI=1S/C23H25ClN2O5S/c1-14-21(25-23(29)30-15(2)18-5-3-4-6-19(18)24)22(31-26-14)17-9-7-16(8-10-17)13-32-12-11-20(27)28/h3-10,15,22,26H,11-13H2,1-2H3,(H,25,29)(H,27,28). The van der Waals surface area contributed by atoms with Crippen LogP contribution in [0.15, 0.2) is 59.9 Å². The quantitative estimate of drug-likeness (QED) is 0.420. The zero-order chi connectivity index (χ0) is 23.1. The maximum Gasteiger partial charge on any atom is 0.412 e. The smallest absolute Gasteiger partial charge is 0.412 e. The summed E-state index contributed by atoms with van der Waals surface area (Å²) >= 11 is 7.76. The van der Waals surface area contributed by atoms with Gasteiger partial charge < -0.3 is 9.84 Å². The van der Waals surface area contributed by atoms with E-state index in [1.54, 1.807) is 31.7 Å². The first-order valence-corrected chi connectivity index (χ1v) is 11.6. The number of carboxylic acids is 1. The van der Waals surface area contributed by atoms with Gasteiger partial charge in [-0.3, -0.25) is 20.4 Å². The number of aliphatic carboxylic acids is 1. The van der Waals surface area contributed by atoms with Crippen molar-refractivity contribution in [1.82, 2.24) is 10.8 Å². The molecule has 1 heterocycles. The van der Waals surface area contributed by atoms with Crippen LogP contribution in [0.25, 0.3) is 0 Å². The number of hydroxylamine groups is 1. The number of hydrogen-bond acceptors (Lipinski definition) is 6. The van der Waals surface area contributed by atoms with E-state index in [9.17, 15) is 9.59 Å². The van der Waals surface area contributed by atoms with Gasteiger partial charge in [0.1, 0.15) is 6.10 Å². The molecule has 0 spiro atoms. The van der Waals surface area contributed by atoms with E-state index in [1.165, 1.54) is 0 Å². The molecule has 0 aromatic heterocycles. The van der Waals surface area contributed by atoms with E-state index in [2.05, 4.69) is 10.8 Å². The molecule has 32 heavy (non-hydrogen) atoms. The van der Waals surface area contributed by atoms with Crippen LogP contribution < -0.4 is 10.8 Å². The number of carbonyl (C=O) groups is 2. The van der Waals surface area contributed by atoms with Crippen LogP contribution in [0.1, 0.15) is 49.2 Å². The average Bonchev–Trinajstić information content (AvgIpc) is 3.11. The van der Waals surface area contributed by atoms with E-state index in [1.807, 2.05) is 42.5 Å². The van der Waals surface area contributed by atoms with Crippen LogP contribution in [-0.2, 0) is 20.1 Å². The molecule has 2 aromatic rings. The van der Waals surface area contributed by atoms with Gasteiger partial charge in [0.2, 0.25) is 0 Å². The summed E-state index contributed by atoms with van der Waals surface area (Å²) in [7, 11) is 0. The van der Waals surface area contributed by atoms with Gasteiger partial charge in [-0.25, -0.2) is 4.79 Å². The molecule has 0 saturated heterocycles. The lowest BCUT2D eigenvalue weighted by atomic mass is 10.0. The third-order valence-electron chi connectivity index (χ3n) is 4.87. The monoisotopic (exact) mass is 476 g/mol. The van der Waals surface area contributed by atoms with Gasteiger partial charge in [0.15, 0.2) is 6.10 Å². The molecule has 3 N–H and O–H groups in total. The lowest BCUT2D eigenvalue weighted by Crippen LogP contribution is -2.27. The molecule has 0 saturated carbocycles. The number of rotatable bonds is 9. The average molecular weight is 477 g/mol. The zero-order valence-electron chi connectivity index (χ0n) is 17.8. The second kappa shape index (κ2) is 11.3. The molecule has 0 bridgehead atoms. The summed E-state index contributed by atoms with van der Waals surface area (Å²) in [6.07, 6.45) is -1.46. The molecule has 2 aromatic carbocycles. The lowest BCUT2D eigenvalue weighted by Gasteiger charge is -2.18.